The second kappa shape index (κ2) is 21.4. The Labute approximate surface area is 343 Å². The molecule has 0 atom stereocenters. The Morgan fingerprint density at radius 3 is 1.23 bits per heavy atom. The molecule has 4 nitrogen and oxygen atoms in total. The number of hydrogen-bond acceptors (Lipinski definition) is 2. The topological polar surface area (TPSA) is 31.8 Å². The number of aromatic nitrogens is 2. The molecule has 5 rings (SSSR count). The van der Waals surface area contributed by atoms with Crippen LogP contribution in [0.4, 0.5) is 23.0 Å². The Balaban J connectivity index is 0. The zero-order valence-corrected chi connectivity index (χ0v) is 35.4. The van der Waals surface area contributed by atoms with E-state index in [1.807, 2.05) is 48.8 Å². The van der Waals surface area contributed by atoms with Crippen molar-refractivity contribution in [3.63, 3.8) is 0 Å². The first kappa shape index (κ1) is 47.4. The summed E-state index contributed by atoms with van der Waals surface area (Å²) in [6, 6.07) is 28.0. The molecule has 258 valence electrons. The molecule has 2 heterocycles. The molecule has 0 N–H and O–H groups in total. The van der Waals surface area contributed by atoms with Gasteiger partial charge in [0.15, 0.2) is 0 Å². The van der Waals surface area contributed by atoms with E-state index in [1.54, 1.807) is 0 Å². The van der Waals surface area contributed by atoms with Crippen molar-refractivity contribution in [1.82, 2.24) is 19.1 Å². The van der Waals surface area contributed by atoms with Crippen LogP contribution < -0.4 is 77.1 Å². The second-order valence-corrected chi connectivity index (χ2v) is 10.6. The van der Waals surface area contributed by atoms with Crippen LogP contribution in [-0.4, -0.2) is 22.4 Å². The molecule has 3 aromatic carbocycles. The van der Waals surface area contributed by atoms with E-state index in [0.29, 0.717) is 0 Å². The van der Waals surface area contributed by atoms with Gasteiger partial charge in [0.25, 0.3) is 0 Å². The first-order chi connectivity index (χ1) is 19.8. The first-order valence-electron chi connectivity index (χ1n) is 14.2. The molecule has 0 aliphatic carbocycles. The fourth-order valence-corrected chi connectivity index (χ4v) is 5.85. The summed E-state index contributed by atoms with van der Waals surface area (Å²) in [4.78, 5) is 9.17. The molecule has 0 fully saturated rings. The van der Waals surface area contributed by atoms with E-state index in [0.717, 1.165) is 11.6 Å². The standard InChI is InChI=1S/C37H38N4.4BrH.2Cu/c1-8-40(34-14-10-12-18-38-34)36-26(4)20-31(21-27(36)5)30-17-16-25(3)33(24-30)32-22-28(6)37(29(7)23-32)41(9-2)35-15-11-13-19-39-35;;;;;;/h8-24H,1-7H3;4*1H;;/q+2;;;;;;/p-4. The summed E-state index contributed by atoms with van der Waals surface area (Å²) in [7, 11) is 0. The predicted molar refractivity (Wildman–Crippen MR) is 176 cm³/mol. The monoisotopic (exact) mass is 980 g/mol. The van der Waals surface area contributed by atoms with Gasteiger partial charge in [-0.3, -0.25) is 0 Å². The van der Waals surface area contributed by atoms with Gasteiger partial charge in [0.05, 0.1) is 12.4 Å². The van der Waals surface area contributed by atoms with Crippen molar-refractivity contribution >= 4 is 35.4 Å². The molecule has 0 saturated carbocycles. The van der Waals surface area contributed by atoms with Crippen LogP contribution in [0.2, 0.25) is 0 Å². The molecule has 0 bridgehead atoms. The van der Waals surface area contributed by atoms with E-state index in [2.05, 4.69) is 122 Å². The summed E-state index contributed by atoms with van der Waals surface area (Å²) < 4.78 is 4.34. The average Bonchev–Trinajstić information content (AvgIpc) is 2.97. The molecule has 0 aliphatic rings. The van der Waals surface area contributed by atoms with Crippen molar-refractivity contribution in [3.05, 3.63) is 119 Å². The maximum atomic E-state index is 4.59. The molecule has 0 saturated heterocycles. The molecule has 47 heavy (non-hydrogen) atoms. The van der Waals surface area contributed by atoms with Crippen LogP contribution >= 0.6 is 0 Å². The summed E-state index contributed by atoms with van der Waals surface area (Å²) in [5.74, 6) is 1.84. The van der Waals surface area contributed by atoms with Crippen molar-refractivity contribution in [2.75, 3.05) is 0 Å². The zero-order chi connectivity index (χ0) is 29.1. The minimum atomic E-state index is 0. The Morgan fingerprint density at radius 2 is 0.872 bits per heavy atom. The second-order valence-electron chi connectivity index (χ2n) is 10.6. The molecule has 0 amide bonds. The van der Waals surface area contributed by atoms with Gasteiger partial charge in [0, 0.05) is 46.3 Å². The van der Waals surface area contributed by atoms with Gasteiger partial charge < -0.3 is 67.9 Å². The maximum Gasteiger partial charge on any atom is 0.327 e. The predicted octanol–water partition coefficient (Wildman–Crippen LogP) is -2.79. The molecule has 2 aromatic heterocycles. The molecule has 0 aliphatic heterocycles. The molecule has 0 unspecified atom stereocenters. The van der Waals surface area contributed by atoms with Crippen molar-refractivity contribution in [1.29, 1.82) is 0 Å². The minimum Gasteiger partial charge on any atom is -1.00 e. The maximum absolute atomic E-state index is 4.59. The van der Waals surface area contributed by atoms with Crippen LogP contribution in [0, 0.1) is 34.6 Å². The quantitative estimate of drug-likeness (QED) is 0.105. The third kappa shape index (κ3) is 10.4. The summed E-state index contributed by atoms with van der Waals surface area (Å²) in [5, 5.41) is 0. The molecule has 5 aromatic rings. The third-order valence-electron chi connectivity index (χ3n) is 7.65. The van der Waals surface area contributed by atoms with Gasteiger partial charge in [-0.1, -0.05) is 24.3 Å². The van der Waals surface area contributed by atoms with Crippen molar-refractivity contribution in [2.24, 2.45) is 0 Å². The van der Waals surface area contributed by atoms with Crippen LogP contribution in [0.15, 0.2) is 91.3 Å². The molecular weight excluding hydrogens is 947 g/mol. The van der Waals surface area contributed by atoms with Crippen LogP contribution in [0.3, 0.4) is 0 Å². The smallest absolute Gasteiger partial charge is 0.327 e. The largest absolute Gasteiger partial charge is 1.00 e. The Kier molecular flexibility index (Phi) is 21.5. The fourth-order valence-electron chi connectivity index (χ4n) is 5.85. The van der Waals surface area contributed by atoms with Crippen molar-refractivity contribution < 1.29 is 102 Å². The van der Waals surface area contributed by atoms with Crippen LogP contribution in [0.25, 0.3) is 22.3 Å². The normalized spacial score (nSPS) is 10.5. The van der Waals surface area contributed by atoms with E-state index >= 15 is 0 Å². The Morgan fingerprint density at radius 1 is 0.468 bits per heavy atom. The number of halogens is 4. The molecule has 0 spiro atoms. The molecular formula is C37H38Br4Cu2N4-2. The Bertz CT molecular complexity index is 1770. The number of benzene rings is 3. The fraction of sp³-hybridized carbons (Fsp3) is 0.189. The van der Waals surface area contributed by atoms with Gasteiger partial charge in [0.1, 0.15) is 23.8 Å². The number of aryl methyl sites for hydroxylation is 5. The van der Waals surface area contributed by atoms with E-state index in [9.17, 15) is 0 Å². The summed E-state index contributed by atoms with van der Waals surface area (Å²) in [5.41, 5.74) is 13.4. The summed E-state index contributed by atoms with van der Waals surface area (Å²) in [6.07, 6.45) is 7.85. The van der Waals surface area contributed by atoms with Gasteiger partial charge in [-0.05, 0) is 151 Å². The van der Waals surface area contributed by atoms with E-state index in [-0.39, 0.29) is 102 Å². The van der Waals surface area contributed by atoms with Crippen LogP contribution in [0.1, 0.15) is 41.7 Å². The van der Waals surface area contributed by atoms with Gasteiger partial charge in [-0.25, -0.2) is 9.15 Å². The van der Waals surface area contributed by atoms with Crippen LogP contribution in [-0.2, 0) is 34.1 Å². The number of rotatable bonds is 6. The first-order valence-corrected chi connectivity index (χ1v) is 14.2. The third-order valence-corrected chi connectivity index (χ3v) is 7.65. The van der Waals surface area contributed by atoms with Crippen LogP contribution in [0.5, 0.6) is 0 Å². The van der Waals surface area contributed by atoms with Gasteiger partial charge in [-0.2, -0.15) is 0 Å². The van der Waals surface area contributed by atoms with E-state index in [4.69, 9.17) is 0 Å². The summed E-state index contributed by atoms with van der Waals surface area (Å²) >= 11 is 0. The summed E-state index contributed by atoms with van der Waals surface area (Å²) in [6.45, 7) is 15.0. The number of nitrogens with zero attached hydrogens (tertiary/aromatic N) is 4. The number of hydrogen-bond donors (Lipinski definition) is 0. The zero-order valence-electron chi connectivity index (χ0n) is 27.2. The van der Waals surface area contributed by atoms with E-state index in [1.165, 1.54) is 61.4 Å². The van der Waals surface area contributed by atoms with Gasteiger partial charge in [0.2, 0.25) is 0 Å². The van der Waals surface area contributed by atoms with Gasteiger partial charge in [-0.15, -0.1) is 0 Å². The van der Waals surface area contributed by atoms with Crippen molar-refractivity contribution in [3.8, 4) is 22.3 Å². The molecule has 2 radical (unpaired) electrons. The van der Waals surface area contributed by atoms with E-state index < -0.39 is 0 Å². The SMILES string of the molecule is CC=[N+](c1ccccn1)c1c(C)cc(-c2ccc(C)c(-c3cc(C)c([N+](=CC)c4ccccn4)c(C)c3)c2)cc1C.[Br-].[Br-].[Br-].[Br-].[Cu].[Cu]. The minimum absolute atomic E-state index is 0. The average molecular weight is 985 g/mol. The number of pyridine rings is 2. The molecule has 10 heteroatoms. The Hall–Kier alpha value is -1.74. The van der Waals surface area contributed by atoms with Gasteiger partial charge >= 0.3 is 11.6 Å². The van der Waals surface area contributed by atoms with Crippen molar-refractivity contribution in [2.45, 2.75) is 48.5 Å².